The van der Waals surface area contributed by atoms with E-state index in [1.54, 1.807) is 0 Å². The molecule has 0 fully saturated rings. The van der Waals surface area contributed by atoms with Crippen molar-refractivity contribution in [2.24, 2.45) is 0 Å². The lowest BCUT2D eigenvalue weighted by Crippen LogP contribution is -2.11. The Bertz CT molecular complexity index is 487. The Balaban J connectivity index is 2.06. The van der Waals surface area contributed by atoms with Gasteiger partial charge in [0.1, 0.15) is 0 Å². The third-order valence-corrected chi connectivity index (χ3v) is 3.28. The highest BCUT2D eigenvalue weighted by Gasteiger charge is 2.04. The van der Waals surface area contributed by atoms with Gasteiger partial charge in [-0.25, -0.2) is 0 Å². The molecule has 2 N–H and O–H groups in total. The van der Waals surface area contributed by atoms with Gasteiger partial charge in [0.25, 0.3) is 0 Å². The maximum absolute atomic E-state index is 9.00. The number of nitrogens with one attached hydrogen (secondary N) is 1. The standard InChI is InChI=1S/C15H20N2O/c1-12(16-2)15-7-8-17(10-15)9-13-3-5-14(11-18)6-4-13/h3-8,10,12,16,18H,9,11H2,1-2H3. The Hall–Kier alpha value is -1.58. The molecule has 0 aliphatic rings. The lowest BCUT2D eigenvalue weighted by molar-refractivity contribution is 0.282. The second-order valence-corrected chi connectivity index (χ2v) is 4.60. The molecule has 2 aromatic rings. The molecular formula is C15H20N2O. The summed E-state index contributed by atoms with van der Waals surface area (Å²) < 4.78 is 2.18. The molecule has 1 aromatic carbocycles. The van der Waals surface area contributed by atoms with E-state index in [-0.39, 0.29) is 6.61 Å². The van der Waals surface area contributed by atoms with E-state index in [0.29, 0.717) is 6.04 Å². The summed E-state index contributed by atoms with van der Waals surface area (Å²) in [7, 11) is 1.97. The summed E-state index contributed by atoms with van der Waals surface area (Å²) in [6, 6.07) is 10.6. The van der Waals surface area contributed by atoms with Crippen LogP contribution in [0.15, 0.2) is 42.7 Å². The summed E-state index contributed by atoms with van der Waals surface area (Å²) >= 11 is 0. The lowest BCUT2D eigenvalue weighted by Gasteiger charge is -2.07. The van der Waals surface area contributed by atoms with Gasteiger partial charge in [0, 0.05) is 25.0 Å². The van der Waals surface area contributed by atoms with Crippen LogP contribution >= 0.6 is 0 Å². The fourth-order valence-electron chi connectivity index (χ4n) is 1.94. The molecule has 0 bridgehead atoms. The summed E-state index contributed by atoms with van der Waals surface area (Å²) in [5.74, 6) is 0. The van der Waals surface area contributed by atoms with E-state index in [1.807, 2.05) is 19.2 Å². The summed E-state index contributed by atoms with van der Waals surface area (Å²) in [5, 5.41) is 12.2. The van der Waals surface area contributed by atoms with Crippen LogP contribution in [-0.4, -0.2) is 16.7 Å². The molecule has 1 atom stereocenters. The molecule has 0 radical (unpaired) electrons. The molecule has 0 spiro atoms. The number of aromatic nitrogens is 1. The third kappa shape index (κ3) is 3.00. The topological polar surface area (TPSA) is 37.2 Å². The van der Waals surface area contributed by atoms with Crippen LogP contribution in [0.4, 0.5) is 0 Å². The first kappa shape index (κ1) is 12.9. The maximum atomic E-state index is 9.00. The minimum atomic E-state index is 0.105. The summed E-state index contributed by atoms with van der Waals surface area (Å²) in [5.41, 5.74) is 3.49. The van der Waals surface area contributed by atoms with Gasteiger partial charge in [0.05, 0.1) is 6.61 Å². The number of nitrogens with zero attached hydrogens (tertiary/aromatic N) is 1. The van der Waals surface area contributed by atoms with Crippen LogP contribution in [0.25, 0.3) is 0 Å². The molecule has 0 saturated heterocycles. The lowest BCUT2D eigenvalue weighted by atomic mass is 10.1. The van der Waals surface area contributed by atoms with Crippen LogP contribution in [0, 0.1) is 0 Å². The van der Waals surface area contributed by atoms with Crippen molar-refractivity contribution in [1.82, 2.24) is 9.88 Å². The average Bonchev–Trinajstić information content (AvgIpc) is 2.87. The number of rotatable bonds is 5. The van der Waals surface area contributed by atoms with Gasteiger partial charge in [0.2, 0.25) is 0 Å². The van der Waals surface area contributed by atoms with Gasteiger partial charge in [-0.2, -0.15) is 0 Å². The van der Waals surface area contributed by atoms with Crippen molar-refractivity contribution in [3.05, 3.63) is 59.4 Å². The molecule has 2 rings (SSSR count). The van der Waals surface area contributed by atoms with E-state index in [9.17, 15) is 0 Å². The largest absolute Gasteiger partial charge is 0.392 e. The second kappa shape index (κ2) is 5.85. The van der Waals surface area contributed by atoms with Gasteiger partial charge < -0.3 is 15.0 Å². The van der Waals surface area contributed by atoms with Crippen molar-refractivity contribution in [2.45, 2.75) is 26.1 Å². The van der Waals surface area contributed by atoms with Gasteiger partial charge in [-0.1, -0.05) is 24.3 Å². The zero-order valence-corrected chi connectivity index (χ0v) is 10.9. The van der Waals surface area contributed by atoms with Gasteiger partial charge in [0.15, 0.2) is 0 Å². The Morgan fingerprint density at radius 3 is 2.44 bits per heavy atom. The fraction of sp³-hybridized carbons (Fsp3) is 0.333. The van der Waals surface area contributed by atoms with E-state index < -0.39 is 0 Å². The first-order chi connectivity index (χ1) is 8.72. The summed E-state index contributed by atoms with van der Waals surface area (Å²) in [6.45, 7) is 3.12. The zero-order valence-electron chi connectivity index (χ0n) is 10.9. The Morgan fingerprint density at radius 2 is 1.83 bits per heavy atom. The fourth-order valence-corrected chi connectivity index (χ4v) is 1.94. The highest BCUT2D eigenvalue weighted by atomic mass is 16.3. The molecule has 0 amide bonds. The molecular weight excluding hydrogens is 224 g/mol. The predicted octanol–water partition coefficient (Wildman–Crippen LogP) is 2.31. The van der Waals surface area contributed by atoms with Crippen molar-refractivity contribution in [2.75, 3.05) is 7.05 Å². The SMILES string of the molecule is CNC(C)c1ccn(Cc2ccc(CO)cc2)c1. The molecule has 1 unspecified atom stereocenters. The Labute approximate surface area is 108 Å². The minimum Gasteiger partial charge on any atom is -0.392 e. The number of hydrogen-bond donors (Lipinski definition) is 2. The first-order valence-electron chi connectivity index (χ1n) is 6.24. The molecule has 18 heavy (non-hydrogen) atoms. The van der Waals surface area contributed by atoms with Crippen LogP contribution in [0.5, 0.6) is 0 Å². The van der Waals surface area contributed by atoms with Gasteiger partial charge in [-0.05, 0) is 36.7 Å². The molecule has 0 aliphatic heterocycles. The number of hydrogen-bond acceptors (Lipinski definition) is 2. The van der Waals surface area contributed by atoms with E-state index in [2.05, 4.69) is 47.4 Å². The maximum Gasteiger partial charge on any atom is 0.0681 e. The van der Waals surface area contributed by atoms with Crippen molar-refractivity contribution >= 4 is 0 Å². The van der Waals surface area contributed by atoms with E-state index >= 15 is 0 Å². The quantitative estimate of drug-likeness (QED) is 0.847. The highest BCUT2D eigenvalue weighted by molar-refractivity contribution is 5.23. The highest BCUT2D eigenvalue weighted by Crippen LogP contribution is 2.13. The van der Waals surface area contributed by atoms with Crippen LogP contribution < -0.4 is 5.32 Å². The van der Waals surface area contributed by atoms with Crippen LogP contribution in [0.3, 0.4) is 0 Å². The van der Waals surface area contributed by atoms with Crippen LogP contribution in [0.1, 0.15) is 29.7 Å². The van der Waals surface area contributed by atoms with Gasteiger partial charge >= 0.3 is 0 Å². The number of aliphatic hydroxyl groups is 1. The molecule has 0 aliphatic carbocycles. The van der Waals surface area contributed by atoms with Crippen molar-refractivity contribution in [3.8, 4) is 0 Å². The molecule has 1 heterocycles. The van der Waals surface area contributed by atoms with Gasteiger partial charge in [-0.15, -0.1) is 0 Å². The molecule has 96 valence electrons. The summed E-state index contributed by atoms with van der Waals surface area (Å²) in [6.07, 6.45) is 4.27. The normalized spacial score (nSPS) is 12.6. The minimum absolute atomic E-state index is 0.105. The van der Waals surface area contributed by atoms with Crippen LogP contribution in [-0.2, 0) is 13.2 Å². The zero-order chi connectivity index (χ0) is 13.0. The average molecular weight is 244 g/mol. The van der Waals surface area contributed by atoms with E-state index in [1.165, 1.54) is 11.1 Å². The van der Waals surface area contributed by atoms with Crippen LogP contribution in [0.2, 0.25) is 0 Å². The van der Waals surface area contributed by atoms with E-state index in [4.69, 9.17) is 5.11 Å². The smallest absolute Gasteiger partial charge is 0.0681 e. The number of benzene rings is 1. The Morgan fingerprint density at radius 1 is 1.17 bits per heavy atom. The van der Waals surface area contributed by atoms with E-state index in [0.717, 1.165) is 12.1 Å². The van der Waals surface area contributed by atoms with Crippen molar-refractivity contribution in [1.29, 1.82) is 0 Å². The second-order valence-electron chi connectivity index (χ2n) is 4.60. The predicted molar refractivity (Wildman–Crippen MR) is 73.4 cm³/mol. The van der Waals surface area contributed by atoms with Gasteiger partial charge in [-0.3, -0.25) is 0 Å². The third-order valence-electron chi connectivity index (χ3n) is 3.28. The monoisotopic (exact) mass is 244 g/mol. The molecule has 1 aromatic heterocycles. The van der Waals surface area contributed by atoms with Crippen molar-refractivity contribution < 1.29 is 5.11 Å². The van der Waals surface area contributed by atoms with Crippen molar-refractivity contribution in [3.63, 3.8) is 0 Å². The molecule has 3 heteroatoms. The molecule has 3 nitrogen and oxygen atoms in total. The number of aliphatic hydroxyl groups excluding tert-OH is 1. The molecule has 0 saturated carbocycles. The first-order valence-corrected chi connectivity index (χ1v) is 6.24. The summed E-state index contributed by atoms with van der Waals surface area (Å²) in [4.78, 5) is 0. The Kier molecular flexibility index (Phi) is 4.18.